The number of fused-ring (bicyclic) bond motifs is 3. The Balaban J connectivity index is 1.55. The lowest BCUT2D eigenvalue weighted by molar-refractivity contribution is 0.0644. The fraction of sp³-hybridized carbons (Fsp3) is 0.368. The number of hydrogen-bond acceptors (Lipinski definition) is 6. The second-order valence-electron chi connectivity index (χ2n) is 6.53. The number of benzene rings is 1. The van der Waals surface area contributed by atoms with Crippen molar-refractivity contribution >= 4 is 39.9 Å². The van der Waals surface area contributed by atoms with E-state index in [1.54, 1.807) is 11.8 Å². The van der Waals surface area contributed by atoms with Crippen molar-refractivity contribution in [3.63, 3.8) is 0 Å². The number of thiophene rings is 1. The van der Waals surface area contributed by atoms with Crippen molar-refractivity contribution in [3.8, 4) is 0 Å². The number of amides is 1. The van der Waals surface area contributed by atoms with Gasteiger partial charge in [-0.1, -0.05) is 54.9 Å². The zero-order valence-electron chi connectivity index (χ0n) is 14.9. The van der Waals surface area contributed by atoms with E-state index in [2.05, 4.69) is 53.5 Å². The lowest BCUT2D eigenvalue weighted by atomic mass is 10.2. The molecule has 0 spiro atoms. The molecule has 26 heavy (non-hydrogen) atoms. The Kier molecular flexibility index (Phi) is 4.91. The maximum atomic E-state index is 12.9. The van der Waals surface area contributed by atoms with Crippen molar-refractivity contribution in [2.75, 3.05) is 11.4 Å². The van der Waals surface area contributed by atoms with E-state index in [0.29, 0.717) is 0 Å². The summed E-state index contributed by atoms with van der Waals surface area (Å²) < 4.78 is 0. The third kappa shape index (κ3) is 3.10. The van der Waals surface area contributed by atoms with Crippen LogP contribution in [0.4, 0.5) is 5.69 Å². The number of aryl methyl sites for hydroxylation is 1. The molecule has 3 heterocycles. The topological polar surface area (TPSA) is 47.9 Å². The number of anilines is 1. The highest BCUT2D eigenvalue weighted by Gasteiger charge is 2.43. The molecule has 1 aromatic carbocycles. The first-order valence-corrected chi connectivity index (χ1v) is 10.7. The summed E-state index contributed by atoms with van der Waals surface area (Å²) in [6.45, 7) is 4.98. The average Bonchev–Trinajstić information content (AvgIpc) is 3.28. The first-order chi connectivity index (χ1) is 12.7. The second kappa shape index (κ2) is 7.32. The monoisotopic (exact) mass is 386 g/mol. The Labute approximate surface area is 162 Å². The minimum atomic E-state index is -0.211. The van der Waals surface area contributed by atoms with Gasteiger partial charge in [0.15, 0.2) is 5.17 Å². The molecule has 4 rings (SSSR count). The van der Waals surface area contributed by atoms with Gasteiger partial charge in [0.05, 0.1) is 5.69 Å². The standard InChI is InChI=1S/C19H22N4OS2/c1-3-4-10-22-17(24)16-15(9-11-25-16)23-18(22)20-21-19(23)26-12-14-7-5-13(2)6-8-14/h5-9,11,18,20H,3-4,10,12H2,1-2H3. The van der Waals surface area contributed by atoms with Crippen LogP contribution in [0.3, 0.4) is 0 Å². The Hall–Kier alpha value is -1.99. The lowest BCUT2D eigenvalue weighted by Gasteiger charge is -2.39. The van der Waals surface area contributed by atoms with E-state index < -0.39 is 0 Å². The van der Waals surface area contributed by atoms with Gasteiger partial charge >= 0.3 is 0 Å². The average molecular weight is 387 g/mol. The molecular formula is C19H22N4OS2. The van der Waals surface area contributed by atoms with Crippen LogP contribution in [0.15, 0.2) is 40.8 Å². The quantitative estimate of drug-likeness (QED) is 0.836. The van der Waals surface area contributed by atoms with Crippen LogP contribution in [0.5, 0.6) is 0 Å². The number of carbonyl (C=O) groups is 1. The molecule has 2 aliphatic rings. The van der Waals surface area contributed by atoms with Crippen LogP contribution in [0.1, 0.15) is 40.6 Å². The molecule has 136 valence electrons. The van der Waals surface area contributed by atoms with Gasteiger partial charge in [-0.15, -0.1) is 11.3 Å². The van der Waals surface area contributed by atoms with E-state index in [1.807, 2.05) is 16.3 Å². The molecular weight excluding hydrogens is 364 g/mol. The number of rotatable bonds is 5. The molecule has 1 unspecified atom stereocenters. The van der Waals surface area contributed by atoms with Gasteiger partial charge in [0.25, 0.3) is 5.91 Å². The highest BCUT2D eigenvalue weighted by atomic mass is 32.2. The molecule has 0 fully saturated rings. The predicted octanol–water partition coefficient (Wildman–Crippen LogP) is 4.21. The van der Waals surface area contributed by atoms with Crippen LogP contribution < -0.4 is 10.3 Å². The second-order valence-corrected chi connectivity index (χ2v) is 8.39. The van der Waals surface area contributed by atoms with Gasteiger partial charge in [0.2, 0.25) is 6.29 Å². The van der Waals surface area contributed by atoms with Gasteiger partial charge in [0.1, 0.15) is 4.88 Å². The highest BCUT2D eigenvalue weighted by molar-refractivity contribution is 8.13. The fourth-order valence-corrected chi connectivity index (χ4v) is 4.93. The van der Waals surface area contributed by atoms with Crippen LogP contribution >= 0.6 is 23.1 Å². The number of carbonyl (C=O) groups excluding carboxylic acids is 1. The zero-order chi connectivity index (χ0) is 18.1. The SMILES string of the molecule is CCCCN1C(=O)c2sccc2N2C(SCc3ccc(C)cc3)=NNC12. The van der Waals surface area contributed by atoms with Crippen molar-refractivity contribution in [2.24, 2.45) is 5.10 Å². The molecule has 0 aliphatic carbocycles. The molecule has 0 saturated heterocycles. The number of hydrazone groups is 1. The summed E-state index contributed by atoms with van der Waals surface area (Å²) in [4.78, 5) is 17.7. The Bertz CT molecular complexity index is 830. The van der Waals surface area contributed by atoms with Crippen molar-refractivity contribution in [3.05, 3.63) is 51.7 Å². The number of thioether (sulfide) groups is 1. The van der Waals surface area contributed by atoms with Crippen molar-refractivity contribution < 1.29 is 4.79 Å². The summed E-state index contributed by atoms with van der Waals surface area (Å²) in [5.74, 6) is 0.962. The maximum absolute atomic E-state index is 12.9. The minimum Gasteiger partial charge on any atom is -0.298 e. The number of amidine groups is 1. The maximum Gasteiger partial charge on any atom is 0.269 e. The van der Waals surface area contributed by atoms with Gasteiger partial charge in [-0.05, 0) is 30.4 Å². The minimum absolute atomic E-state index is 0.109. The normalized spacial score (nSPS) is 18.5. The van der Waals surface area contributed by atoms with Gasteiger partial charge in [-0.2, -0.15) is 5.10 Å². The molecule has 2 aliphatic heterocycles. The summed E-state index contributed by atoms with van der Waals surface area (Å²) >= 11 is 3.22. The molecule has 1 atom stereocenters. The number of hydrogen-bond donors (Lipinski definition) is 1. The zero-order valence-corrected chi connectivity index (χ0v) is 16.6. The van der Waals surface area contributed by atoms with Crippen molar-refractivity contribution in [2.45, 2.75) is 38.7 Å². The number of nitrogens with zero attached hydrogens (tertiary/aromatic N) is 3. The molecule has 7 heteroatoms. The summed E-state index contributed by atoms with van der Waals surface area (Å²) in [5.41, 5.74) is 6.69. The molecule has 1 aromatic heterocycles. The number of unbranched alkanes of at least 4 members (excludes halogenated alkanes) is 1. The van der Waals surface area contributed by atoms with E-state index in [1.165, 1.54) is 22.5 Å². The van der Waals surface area contributed by atoms with Crippen LogP contribution in [0.2, 0.25) is 0 Å². The van der Waals surface area contributed by atoms with Crippen LogP contribution in [-0.2, 0) is 5.75 Å². The van der Waals surface area contributed by atoms with Crippen LogP contribution in [0.25, 0.3) is 0 Å². The Morgan fingerprint density at radius 2 is 2.08 bits per heavy atom. The van der Waals surface area contributed by atoms with Crippen LogP contribution in [-0.4, -0.2) is 28.8 Å². The fourth-order valence-electron chi connectivity index (χ4n) is 3.15. The molecule has 1 amide bonds. The van der Waals surface area contributed by atoms with Gasteiger partial charge in [-0.25, -0.2) is 0 Å². The predicted molar refractivity (Wildman–Crippen MR) is 110 cm³/mol. The number of nitrogens with one attached hydrogen (secondary N) is 1. The highest BCUT2D eigenvalue weighted by Crippen LogP contribution is 2.38. The smallest absolute Gasteiger partial charge is 0.269 e. The Morgan fingerprint density at radius 1 is 1.27 bits per heavy atom. The molecule has 0 radical (unpaired) electrons. The van der Waals surface area contributed by atoms with Gasteiger partial charge in [-0.3, -0.25) is 20.0 Å². The molecule has 5 nitrogen and oxygen atoms in total. The molecule has 0 bridgehead atoms. The third-order valence-electron chi connectivity index (χ3n) is 4.62. The van der Waals surface area contributed by atoms with E-state index in [-0.39, 0.29) is 12.2 Å². The molecule has 2 aromatic rings. The first-order valence-electron chi connectivity index (χ1n) is 8.88. The van der Waals surface area contributed by atoms with Gasteiger partial charge in [0, 0.05) is 12.3 Å². The van der Waals surface area contributed by atoms with Gasteiger partial charge < -0.3 is 0 Å². The first kappa shape index (κ1) is 17.4. The summed E-state index contributed by atoms with van der Waals surface area (Å²) in [7, 11) is 0. The summed E-state index contributed by atoms with van der Waals surface area (Å²) in [6, 6.07) is 10.6. The Morgan fingerprint density at radius 3 is 2.85 bits per heavy atom. The summed E-state index contributed by atoms with van der Waals surface area (Å²) in [5, 5.41) is 7.46. The van der Waals surface area contributed by atoms with E-state index in [4.69, 9.17) is 0 Å². The van der Waals surface area contributed by atoms with Crippen molar-refractivity contribution in [1.82, 2.24) is 10.3 Å². The molecule has 1 N–H and O–H groups in total. The lowest BCUT2D eigenvalue weighted by Crippen LogP contribution is -2.58. The molecule has 0 saturated carbocycles. The largest absolute Gasteiger partial charge is 0.298 e. The van der Waals surface area contributed by atoms with Crippen molar-refractivity contribution in [1.29, 1.82) is 0 Å². The van der Waals surface area contributed by atoms with E-state index in [0.717, 1.165) is 40.9 Å². The summed E-state index contributed by atoms with van der Waals surface area (Å²) in [6.07, 6.45) is 1.84. The van der Waals surface area contributed by atoms with E-state index >= 15 is 0 Å². The van der Waals surface area contributed by atoms with Crippen LogP contribution in [0, 0.1) is 6.92 Å². The third-order valence-corrected chi connectivity index (χ3v) is 6.54. The van der Waals surface area contributed by atoms with E-state index in [9.17, 15) is 4.79 Å².